The smallest absolute Gasteiger partial charge is 0.267 e. The van der Waals surface area contributed by atoms with E-state index in [2.05, 4.69) is 6.58 Å². The second kappa shape index (κ2) is 7.78. The number of sulfone groups is 1. The maximum absolute atomic E-state index is 12.8. The van der Waals surface area contributed by atoms with Gasteiger partial charge in [-0.2, -0.15) is 0 Å². The molecule has 6 nitrogen and oxygen atoms in total. The standard InChI is InChI=1S/C18H18N2O4S/c1-2-12-25(23,24)18-14(9-11-16(21)20-22)8-10-15(19)17(18)13-6-4-3-5-7-13/h2-11,22H,1,12,19H2,(H,20,21). The van der Waals surface area contributed by atoms with Gasteiger partial charge in [-0.05, 0) is 23.3 Å². The Kier molecular flexibility index (Phi) is 5.74. The normalized spacial score (nSPS) is 11.4. The minimum atomic E-state index is -3.74. The van der Waals surface area contributed by atoms with Gasteiger partial charge in [0.2, 0.25) is 0 Å². The predicted molar refractivity (Wildman–Crippen MR) is 97.5 cm³/mol. The summed E-state index contributed by atoms with van der Waals surface area (Å²) >= 11 is 0. The Morgan fingerprint density at radius 1 is 1.20 bits per heavy atom. The van der Waals surface area contributed by atoms with Crippen molar-refractivity contribution in [2.45, 2.75) is 4.90 Å². The largest absolute Gasteiger partial charge is 0.398 e. The topological polar surface area (TPSA) is 109 Å². The molecule has 0 saturated heterocycles. The Bertz CT molecular complexity index is 920. The minimum absolute atomic E-state index is 0.0144. The number of amides is 1. The van der Waals surface area contributed by atoms with Crippen molar-refractivity contribution in [3.8, 4) is 11.1 Å². The molecule has 0 aliphatic rings. The monoisotopic (exact) mass is 358 g/mol. The number of carbonyl (C=O) groups is 1. The van der Waals surface area contributed by atoms with E-state index in [0.29, 0.717) is 22.4 Å². The van der Waals surface area contributed by atoms with E-state index >= 15 is 0 Å². The average Bonchev–Trinajstić information content (AvgIpc) is 2.60. The highest BCUT2D eigenvalue weighted by Crippen LogP contribution is 2.36. The lowest BCUT2D eigenvalue weighted by Crippen LogP contribution is -2.15. The molecule has 0 bridgehead atoms. The van der Waals surface area contributed by atoms with Crippen molar-refractivity contribution < 1.29 is 18.4 Å². The van der Waals surface area contributed by atoms with Crippen LogP contribution in [0.15, 0.2) is 66.1 Å². The van der Waals surface area contributed by atoms with Crippen LogP contribution >= 0.6 is 0 Å². The Balaban J connectivity index is 2.80. The number of nitrogens with two attached hydrogens (primary N) is 1. The van der Waals surface area contributed by atoms with Crippen molar-refractivity contribution in [1.29, 1.82) is 0 Å². The first-order valence-electron chi connectivity index (χ1n) is 7.34. The third-order valence-corrected chi connectivity index (χ3v) is 5.19. The van der Waals surface area contributed by atoms with Gasteiger partial charge in [0.15, 0.2) is 9.84 Å². The van der Waals surface area contributed by atoms with Crippen molar-refractivity contribution in [2.75, 3.05) is 11.5 Å². The first-order chi connectivity index (χ1) is 11.9. The van der Waals surface area contributed by atoms with E-state index in [-0.39, 0.29) is 10.6 Å². The van der Waals surface area contributed by atoms with Crippen LogP contribution in [0, 0.1) is 0 Å². The highest BCUT2D eigenvalue weighted by molar-refractivity contribution is 7.91. The molecule has 0 aromatic heterocycles. The summed E-state index contributed by atoms with van der Waals surface area (Å²) in [6, 6.07) is 12.0. The average molecular weight is 358 g/mol. The van der Waals surface area contributed by atoms with Gasteiger partial charge in [-0.15, -0.1) is 6.58 Å². The lowest BCUT2D eigenvalue weighted by Gasteiger charge is -2.15. The summed E-state index contributed by atoms with van der Waals surface area (Å²) in [6.45, 7) is 3.49. The molecule has 7 heteroatoms. The molecule has 4 N–H and O–H groups in total. The number of hydrogen-bond donors (Lipinski definition) is 3. The van der Waals surface area contributed by atoms with E-state index < -0.39 is 15.7 Å². The van der Waals surface area contributed by atoms with Crippen LogP contribution in [0.4, 0.5) is 5.69 Å². The maximum Gasteiger partial charge on any atom is 0.267 e. The van der Waals surface area contributed by atoms with Crippen LogP contribution in [0.1, 0.15) is 5.56 Å². The van der Waals surface area contributed by atoms with Crippen molar-refractivity contribution in [2.24, 2.45) is 0 Å². The summed E-state index contributed by atoms with van der Waals surface area (Å²) in [6.07, 6.45) is 3.64. The molecule has 2 aromatic rings. The summed E-state index contributed by atoms with van der Waals surface area (Å²) in [5.74, 6) is -1.05. The molecule has 0 unspecified atom stereocenters. The molecule has 0 spiro atoms. The third kappa shape index (κ3) is 4.14. The number of carbonyl (C=O) groups excluding carboxylic acids is 1. The molecule has 130 valence electrons. The van der Waals surface area contributed by atoms with E-state index in [4.69, 9.17) is 10.9 Å². The summed E-state index contributed by atoms with van der Waals surface area (Å²) in [7, 11) is -3.74. The van der Waals surface area contributed by atoms with Gasteiger partial charge in [0, 0.05) is 17.3 Å². The molecule has 0 aliphatic heterocycles. The zero-order valence-corrected chi connectivity index (χ0v) is 14.2. The number of nitrogens with one attached hydrogen (secondary N) is 1. The summed E-state index contributed by atoms with van der Waals surface area (Å²) < 4.78 is 25.6. The van der Waals surface area contributed by atoms with Gasteiger partial charge >= 0.3 is 0 Å². The van der Waals surface area contributed by atoms with E-state index in [1.165, 1.54) is 23.7 Å². The number of nitrogen functional groups attached to an aromatic ring is 1. The zero-order valence-electron chi connectivity index (χ0n) is 13.3. The van der Waals surface area contributed by atoms with Gasteiger partial charge in [0.05, 0.1) is 10.6 Å². The van der Waals surface area contributed by atoms with Gasteiger partial charge in [-0.3, -0.25) is 10.0 Å². The highest BCUT2D eigenvalue weighted by atomic mass is 32.2. The fourth-order valence-corrected chi connectivity index (χ4v) is 3.94. The quantitative estimate of drug-likeness (QED) is 0.241. The first kappa shape index (κ1) is 18.4. The summed E-state index contributed by atoms with van der Waals surface area (Å²) in [4.78, 5) is 11.3. The molecular weight excluding hydrogens is 340 g/mol. The second-order valence-corrected chi connectivity index (χ2v) is 7.16. The fourth-order valence-electron chi connectivity index (χ4n) is 2.42. The van der Waals surface area contributed by atoms with E-state index in [1.807, 2.05) is 6.07 Å². The first-order valence-corrected chi connectivity index (χ1v) is 8.99. The van der Waals surface area contributed by atoms with Gasteiger partial charge in [-0.1, -0.05) is 42.5 Å². The lowest BCUT2D eigenvalue weighted by molar-refractivity contribution is -0.124. The second-order valence-electron chi connectivity index (χ2n) is 5.19. The van der Waals surface area contributed by atoms with Crippen LogP contribution in [0.3, 0.4) is 0 Å². The van der Waals surface area contributed by atoms with Gasteiger partial charge in [0.25, 0.3) is 5.91 Å². The molecule has 0 fully saturated rings. The lowest BCUT2D eigenvalue weighted by atomic mass is 10.0. The Morgan fingerprint density at radius 3 is 2.48 bits per heavy atom. The highest BCUT2D eigenvalue weighted by Gasteiger charge is 2.23. The molecule has 2 rings (SSSR count). The molecule has 2 aromatic carbocycles. The molecule has 1 amide bonds. The van der Waals surface area contributed by atoms with Crippen molar-refractivity contribution >= 4 is 27.5 Å². The maximum atomic E-state index is 12.8. The van der Waals surface area contributed by atoms with Crippen LogP contribution in [-0.4, -0.2) is 25.3 Å². The third-order valence-electron chi connectivity index (χ3n) is 3.46. The number of anilines is 1. The van der Waals surface area contributed by atoms with Crippen molar-refractivity contribution in [1.82, 2.24) is 5.48 Å². The molecular formula is C18H18N2O4S. The van der Waals surface area contributed by atoms with E-state index in [0.717, 1.165) is 6.08 Å². The van der Waals surface area contributed by atoms with Crippen molar-refractivity contribution in [3.63, 3.8) is 0 Å². The molecule has 0 aliphatic carbocycles. The van der Waals surface area contributed by atoms with Crippen LogP contribution in [0.5, 0.6) is 0 Å². The summed E-state index contributed by atoms with van der Waals surface area (Å²) in [5, 5.41) is 8.60. The molecule has 0 heterocycles. The number of hydroxylamine groups is 1. The van der Waals surface area contributed by atoms with E-state index in [1.54, 1.807) is 30.3 Å². The van der Waals surface area contributed by atoms with E-state index in [9.17, 15) is 13.2 Å². The molecule has 25 heavy (non-hydrogen) atoms. The Hall–Kier alpha value is -2.90. The van der Waals surface area contributed by atoms with Crippen LogP contribution < -0.4 is 11.2 Å². The van der Waals surface area contributed by atoms with Crippen molar-refractivity contribution in [3.05, 3.63) is 66.8 Å². The summed E-state index contributed by atoms with van der Waals surface area (Å²) in [5.41, 5.74) is 9.13. The number of benzene rings is 2. The Morgan fingerprint density at radius 2 is 1.88 bits per heavy atom. The molecule has 0 radical (unpaired) electrons. The van der Waals surface area contributed by atoms with Crippen LogP contribution in [0.2, 0.25) is 0 Å². The van der Waals surface area contributed by atoms with Crippen LogP contribution in [-0.2, 0) is 14.6 Å². The van der Waals surface area contributed by atoms with Gasteiger partial charge < -0.3 is 5.73 Å². The minimum Gasteiger partial charge on any atom is -0.398 e. The van der Waals surface area contributed by atoms with Crippen LogP contribution in [0.25, 0.3) is 17.2 Å². The Labute approximate surface area is 146 Å². The predicted octanol–water partition coefficient (Wildman–Crippen LogP) is 2.41. The molecule has 0 saturated carbocycles. The zero-order chi connectivity index (χ0) is 18.4. The van der Waals surface area contributed by atoms with Gasteiger partial charge in [0.1, 0.15) is 0 Å². The number of rotatable bonds is 6. The molecule has 0 atom stereocenters. The number of hydrogen-bond acceptors (Lipinski definition) is 5. The van der Waals surface area contributed by atoms with Gasteiger partial charge in [-0.25, -0.2) is 13.9 Å². The fraction of sp³-hybridized carbons (Fsp3) is 0.0556. The SMILES string of the molecule is C=CCS(=O)(=O)c1c(C=CC(=O)NO)ccc(N)c1-c1ccccc1.